The van der Waals surface area contributed by atoms with E-state index in [1.807, 2.05) is 120 Å². The zero-order chi connectivity index (χ0) is 21.4. The highest BCUT2D eigenvalue weighted by atomic mass is 15.3. The first-order valence-corrected chi connectivity index (χ1v) is 10.2. The van der Waals surface area contributed by atoms with E-state index >= 15 is 0 Å². The minimum absolute atomic E-state index is 0.673. The SMILES string of the molecule is CC.CC.CC.CN(c1ccccc1)c1ccnc(N(C)c2ccccc2)n1. The van der Waals surface area contributed by atoms with Gasteiger partial charge in [-0.3, -0.25) is 0 Å². The first-order valence-electron chi connectivity index (χ1n) is 10.2. The molecular weight excluding hydrogens is 344 g/mol. The molecule has 4 nitrogen and oxygen atoms in total. The minimum atomic E-state index is 0.673. The number of para-hydroxylation sites is 2. The smallest absolute Gasteiger partial charge is 0.231 e. The molecule has 0 spiro atoms. The van der Waals surface area contributed by atoms with Gasteiger partial charge in [0, 0.05) is 31.7 Å². The molecule has 3 aromatic rings. The number of hydrogen-bond acceptors (Lipinski definition) is 4. The first-order chi connectivity index (χ1) is 13.8. The Balaban J connectivity index is 0.00000111. The molecule has 1 aromatic heterocycles. The maximum Gasteiger partial charge on any atom is 0.231 e. The summed E-state index contributed by atoms with van der Waals surface area (Å²) in [5, 5.41) is 0. The van der Waals surface area contributed by atoms with Gasteiger partial charge in [0.25, 0.3) is 0 Å². The molecule has 1 heterocycles. The van der Waals surface area contributed by atoms with Crippen molar-refractivity contribution in [1.82, 2.24) is 9.97 Å². The summed E-state index contributed by atoms with van der Waals surface area (Å²) >= 11 is 0. The zero-order valence-electron chi connectivity index (χ0n) is 18.7. The molecule has 0 atom stereocenters. The molecule has 0 fully saturated rings. The van der Waals surface area contributed by atoms with Gasteiger partial charge in [-0.2, -0.15) is 4.98 Å². The van der Waals surface area contributed by atoms with Crippen LogP contribution in [0.1, 0.15) is 41.5 Å². The van der Waals surface area contributed by atoms with E-state index in [1.165, 1.54) is 0 Å². The highest BCUT2D eigenvalue weighted by Crippen LogP contribution is 2.24. The van der Waals surface area contributed by atoms with Crippen molar-refractivity contribution in [1.29, 1.82) is 0 Å². The van der Waals surface area contributed by atoms with Gasteiger partial charge in [0.2, 0.25) is 5.95 Å². The topological polar surface area (TPSA) is 32.3 Å². The fraction of sp³-hybridized carbons (Fsp3) is 0.333. The standard InChI is InChI=1S/C18H18N4.3C2H6/c1-21(15-9-5-3-6-10-15)17-13-14-19-18(20-17)22(2)16-11-7-4-8-12-16;3*1-2/h3-14H,1-2H3;3*1-2H3. The summed E-state index contributed by atoms with van der Waals surface area (Å²) in [6.07, 6.45) is 1.79. The van der Waals surface area contributed by atoms with Crippen LogP contribution in [0.4, 0.5) is 23.1 Å². The molecule has 0 radical (unpaired) electrons. The van der Waals surface area contributed by atoms with Gasteiger partial charge < -0.3 is 9.80 Å². The monoisotopic (exact) mass is 380 g/mol. The lowest BCUT2D eigenvalue weighted by Gasteiger charge is -2.21. The molecule has 3 rings (SSSR count). The van der Waals surface area contributed by atoms with E-state index in [1.54, 1.807) is 6.20 Å². The third-order valence-corrected chi connectivity index (χ3v) is 3.56. The van der Waals surface area contributed by atoms with Crippen molar-refractivity contribution in [2.45, 2.75) is 41.5 Å². The van der Waals surface area contributed by atoms with Gasteiger partial charge >= 0.3 is 0 Å². The Morgan fingerprint density at radius 3 is 1.46 bits per heavy atom. The summed E-state index contributed by atoms with van der Waals surface area (Å²) in [6, 6.07) is 22.2. The Kier molecular flexibility index (Phi) is 13.6. The van der Waals surface area contributed by atoms with E-state index in [0.717, 1.165) is 17.2 Å². The van der Waals surface area contributed by atoms with E-state index in [0.29, 0.717) is 5.95 Å². The van der Waals surface area contributed by atoms with Gasteiger partial charge in [-0.15, -0.1) is 0 Å². The van der Waals surface area contributed by atoms with E-state index in [2.05, 4.69) is 22.1 Å². The van der Waals surface area contributed by atoms with Crippen molar-refractivity contribution in [2.24, 2.45) is 0 Å². The Morgan fingerprint density at radius 1 is 0.571 bits per heavy atom. The summed E-state index contributed by atoms with van der Waals surface area (Å²) in [4.78, 5) is 13.1. The van der Waals surface area contributed by atoms with Crippen molar-refractivity contribution >= 4 is 23.1 Å². The molecule has 2 aromatic carbocycles. The summed E-state index contributed by atoms with van der Waals surface area (Å²) in [7, 11) is 3.97. The van der Waals surface area contributed by atoms with E-state index in [-0.39, 0.29) is 0 Å². The van der Waals surface area contributed by atoms with Crippen molar-refractivity contribution in [3.05, 3.63) is 72.9 Å². The molecule has 0 aliphatic carbocycles. The summed E-state index contributed by atoms with van der Waals surface area (Å²) < 4.78 is 0. The maximum atomic E-state index is 4.67. The first kappa shape index (κ1) is 25.1. The van der Waals surface area contributed by atoms with E-state index < -0.39 is 0 Å². The lowest BCUT2D eigenvalue weighted by atomic mass is 10.3. The Morgan fingerprint density at radius 2 is 1.00 bits per heavy atom. The number of benzene rings is 2. The number of hydrogen-bond donors (Lipinski definition) is 0. The van der Waals surface area contributed by atoms with Crippen LogP contribution in [-0.2, 0) is 0 Å². The summed E-state index contributed by atoms with van der Waals surface area (Å²) in [6.45, 7) is 12.0. The van der Waals surface area contributed by atoms with Gasteiger partial charge in [-0.25, -0.2) is 4.98 Å². The number of aromatic nitrogens is 2. The second kappa shape index (κ2) is 15.2. The molecule has 0 bridgehead atoms. The molecule has 28 heavy (non-hydrogen) atoms. The van der Waals surface area contributed by atoms with Gasteiger partial charge in [0.05, 0.1) is 0 Å². The average Bonchev–Trinajstić information content (AvgIpc) is 2.83. The van der Waals surface area contributed by atoms with Crippen LogP contribution in [0.5, 0.6) is 0 Å². The molecule has 0 saturated heterocycles. The second-order valence-corrected chi connectivity index (χ2v) is 5.00. The van der Waals surface area contributed by atoms with E-state index in [4.69, 9.17) is 0 Å². The van der Waals surface area contributed by atoms with Gasteiger partial charge in [-0.05, 0) is 30.3 Å². The van der Waals surface area contributed by atoms with Crippen LogP contribution < -0.4 is 9.80 Å². The number of anilines is 4. The quantitative estimate of drug-likeness (QED) is 0.483. The average molecular weight is 381 g/mol. The highest BCUT2D eigenvalue weighted by molar-refractivity contribution is 5.62. The largest absolute Gasteiger partial charge is 0.329 e. The lowest BCUT2D eigenvalue weighted by molar-refractivity contribution is 1.01. The molecular formula is C24H36N4. The Labute approximate surface area is 171 Å². The predicted molar refractivity (Wildman–Crippen MR) is 125 cm³/mol. The zero-order valence-corrected chi connectivity index (χ0v) is 18.7. The maximum absolute atomic E-state index is 4.67. The fourth-order valence-corrected chi connectivity index (χ4v) is 2.24. The highest BCUT2D eigenvalue weighted by Gasteiger charge is 2.10. The van der Waals surface area contributed by atoms with Crippen LogP contribution in [0.2, 0.25) is 0 Å². The molecule has 4 heteroatoms. The van der Waals surface area contributed by atoms with Crippen LogP contribution in [0.25, 0.3) is 0 Å². The molecule has 0 saturated carbocycles. The van der Waals surface area contributed by atoms with Crippen molar-refractivity contribution in [3.8, 4) is 0 Å². The molecule has 0 aliphatic rings. The van der Waals surface area contributed by atoms with Gasteiger partial charge in [0.1, 0.15) is 5.82 Å². The van der Waals surface area contributed by atoms with Crippen LogP contribution in [0.3, 0.4) is 0 Å². The predicted octanol–water partition coefficient (Wildman–Crippen LogP) is 7.09. The molecule has 0 aliphatic heterocycles. The normalized spacial score (nSPS) is 8.71. The molecule has 152 valence electrons. The third kappa shape index (κ3) is 7.39. The Bertz CT molecular complexity index is 669. The van der Waals surface area contributed by atoms with Crippen LogP contribution in [-0.4, -0.2) is 24.1 Å². The minimum Gasteiger partial charge on any atom is -0.329 e. The molecule has 0 amide bonds. The van der Waals surface area contributed by atoms with Gasteiger partial charge in [-0.1, -0.05) is 77.9 Å². The van der Waals surface area contributed by atoms with Crippen LogP contribution in [0.15, 0.2) is 72.9 Å². The summed E-state index contributed by atoms with van der Waals surface area (Å²) in [5.74, 6) is 1.53. The molecule has 0 N–H and O–H groups in total. The lowest BCUT2D eigenvalue weighted by Crippen LogP contribution is -2.16. The van der Waals surface area contributed by atoms with Crippen LogP contribution >= 0.6 is 0 Å². The number of rotatable bonds is 4. The van der Waals surface area contributed by atoms with Crippen LogP contribution in [0, 0.1) is 0 Å². The second-order valence-electron chi connectivity index (χ2n) is 5.00. The van der Waals surface area contributed by atoms with Crippen molar-refractivity contribution < 1.29 is 0 Å². The third-order valence-electron chi connectivity index (χ3n) is 3.56. The number of nitrogens with zero attached hydrogens (tertiary/aromatic N) is 4. The van der Waals surface area contributed by atoms with Crippen molar-refractivity contribution in [2.75, 3.05) is 23.9 Å². The summed E-state index contributed by atoms with van der Waals surface area (Å²) in [5.41, 5.74) is 2.15. The molecule has 0 unspecified atom stereocenters. The van der Waals surface area contributed by atoms with Crippen molar-refractivity contribution in [3.63, 3.8) is 0 Å². The Hall–Kier alpha value is -2.88. The van der Waals surface area contributed by atoms with Gasteiger partial charge in [0.15, 0.2) is 0 Å². The fourth-order valence-electron chi connectivity index (χ4n) is 2.24. The van der Waals surface area contributed by atoms with E-state index in [9.17, 15) is 0 Å².